The van der Waals surface area contributed by atoms with Gasteiger partial charge in [-0.15, -0.1) is 0 Å². The fraction of sp³-hybridized carbons (Fsp3) is 1.00. The Morgan fingerprint density at radius 3 is 2.53 bits per heavy atom. The topological polar surface area (TPSA) is 74.6 Å². The molecule has 8 atom stereocenters. The van der Waals surface area contributed by atoms with Crippen LogP contribution in [0.1, 0.15) is 104 Å². The molecule has 3 aliphatic rings. The number of fused-ring (bicyclic) bond motifs is 1. The van der Waals surface area contributed by atoms with E-state index in [1.165, 1.54) is 57.8 Å². The Morgan fingerprint density at radius 2 is 1.87 bits per heavy atom. The summed E-state index contributed by atoms with van der Waals surface area (Å²) >= 11 is 0. The first-order chi connectivity index (χ1) is 14.1. The van der Waals surface area contributed by atoms with Gasteiger partial charge in [0.2, 0.25) is 0 Å². The molecule has 0 heterocycles. The molecule has 0 aromatic carbocycles. The highest BCUT2D eigenvalue weighted by atomic mass is 32.2. The monoisotopic (exact) mass is 442 g/mol. The second kappa shape index (κ2) is 10.2. The highest BCUT2D eigenvalue weighted by Gasteiger charge is 2.54. The fourth-order valence-electron chi connectivity index (χ4n) is 8.03. The van der Waals surface area contributed by atoms with Gasteiger partial charge >= 0.3 is 0 Å². The fourth-order valence-corrected chi connectivity index (χ4v) is 8.56. The average Bonchev–Trinajstić information content (AvgIpc) is 3.02. The first-order valence-corrected chi connectivity index (χ1v) is 14.4. The third-order valence-electron chi connectivity index (χ3n) is 9.60. The van der Waals surface area contributed by atoms with Gasteiger partial charge in [-0.25, -0.2) is 0 Å². The molecule has 0 saturated heterocycles. The van der Waals surface area contributed by atoms with E-state index in [1.807, 2.05) is 0 Å². The molecular weight excluding hydrogens is 396 g/mol. The van der Waals surface area contributed by atoms with Crippen molar-refractivity contribution in [1.29, 1.82) is 0 Å². The third-order valence-corrected chi connectivity index (χ3v) is 10.4. The van der Waals surface area contributed by atoms with Gasteiger partial charge in [0.15, 0.2) is 0 Å². The lowest BCUT2D eigenvalue weighted by molar-refractivity contribution is -0.0128. The van der Waals surface area contributed by atoms with Crippen LogP contribution in [0.5, 0.6) is 0 Å². The van der Waals surface area contributed by atoms with Gasteiger partial charge in [-0.3, -0.25) is 4.55 Å². The quantitative estimate of drug-likeness (QED) is 0.424. The van der Waals surface area contributed by atoms with E-state index in [1.54, 1.807) is 0 Å². The molecule has 4 nitrogen and oxygen atoms in total. The Kier molecular flexibility index (Phi) is 8.34. The predicted octanol–water partition coefficient (Wildman–Crippen LogP) is 6.09. The standard InChI is InChI=1S/C25H46O4S/c1-4-20-14-15-25(3)23(18(2)7-6-16-30(27,28)29)12-13-24(25)22(20)11-10-19-8-5-9-21(26)17-19/h18-24,26H,4-17H2,1-3H3,(H,27,28,29)/t18?,19-,20?,21-,22?,23?,24?,25+/m0/s1. The van der Waals surface area contributed by atoms with Crippen molar-refractivity contribution in [1.82, 2.24) is 0 Å². The van der Waals surface area contributed by atoms with Gasteiger partial charge in [0, 0.05) is 0 Å². The number of aliphatic hydroxyl groups excluding tert-OH is 1. The first kappa shape index (κ1) is 24.5. The number of aliphatic hydroxyl groups is 1. The van der Waals surface area contributed by atoms with Crippen molar-refractivity contribution in [2.24, 2.45) is 40.9 Å². The maximum Gasteiger partial charge on any atom is 0.264 e. The van der Waals surface area contributed by atoms with Crippen LogP contribution in [0.4, 0.5) is 0 Å². The van der Waals surface area contributed by atoms with E-state index in [0.29, 0.717) is 23.7 Å². The van der Waals surface area contributed by atoms with Crippen molar-refractivity contribution in [2.45, 2.75) is 110 Å². The number of rotatable bonds is 9. The molecule has 0 radical (unpaired) electrons. The van der Waals surface area contributed by atoms with Gasteiger partial charge in [0.05, 0.1) is 11.9 Å². The molecule has 0 aliphatic heterocycles. The molecule has 0 spiro atoms. The average molecular weight is 443 g/mol. The summed E-state index contributed by atoms with van der Waals surface area (Å²) in [6.45, 7) is 7.22. The molecule has 3 saturated carbocycles. The Morgan fingerprint density at radius 1 is 1.10 bits per heavy atom. The summed E-state index contributed by atoms with van der Waals surface area (Å²) in [5.74, 6) is 4.30. The molecule has 0 aromatic rings. The van der Waals surface area contributed by atoms with Crippen molar-refractivity contribution in [3.8, 4) is 0 Å². The lowest BCUT2D eigenvalue weighted by atomic mass is 9.55. The zero-order valence-corrected chi connectivity index (χ0v) is 20.4. The minimum Gasteiger partial charge on any atom is -0.393 e. The largest absolute Gasteiger partial charge is 0.393 e. The SMILES string of the molecule is CCC1CC[C@]2(C)C(C(C)CCCS(=O)(=O)O)CCC2C1CC[C@@H]1CCC[C@H](O)C1. The van der Waals surface area contributed by atoms with Crippen LogP contribution in [0.15, 0.2) is 0 Å². The molecule has 0 amide bonds. The predicted molar refractivity (Wildman–Crippen MR) is 123 cm³/mol. The lowest BCUT2D eigenvalue weighted by Gasteiger charge is -2.50. The summed E-state index contributed by atoms with van der Waals surface area (Å²) in [7, 11) is -3.84. The Hall–Kier alpha value is -0.130. The van der Waals surface area contributed by atoms with Crippen LogP contribution in [0.3, 0.4) is 0 Å². The first-order valence-electron chi connectivity index (χ1n) is 12.8. The van der Waals surface area contributed by atoms with E-state index in [0.717, 1.165) is 42.9 Å². The van der Waals surface area contributed by atoms with Crippen LogP contribution >= 0.6 is 0 Å². The van der Waals surface area contributed by atoms with E-state index in [4.69, 9.17) is 4.55 Å². The van der Waals surface area contributed by atoms with E-state index in [2.05, 4.69) is 20.8 Å². The van der Waals surface area contributed by atoms with Crippen molar-refractivity contribution in [3.05, 3.63) is 0 Å². The molecule has 0 aromatic heterocycles. The Labute approximate surface area is 185 Å². The van der Waals surface area contributed by atoms with Crippen molar-refractivity contribution >= 4 is 10.1 Å². The molecule has 176 valence electrons. The van der Waals surface area contributed by atoms with E-state index < -0.39 is 10.1 Å². The van der Waals surface area contributed by atoms with Gasteiger partial charge in [-0.2, -0.15) is 8.42 Å². The summed E-state index contributed by atoms with van der Waals surface area (Å²) in [6, 6.07) is 0. The molecule has 3 fully saturated rings. The number of hydrogen-bond donors (Lipinski definition) is 2. The summed E-state index contributed by atoms with van der Waals surface area (Å²) in [4.78, 5) is 0. The smallest absolute Gasteiger partial charge is 0.264 e. The summed E-state index contributed by atoms with van der Waals surface area (Å²) < 4.78 is 31.3. The third kappa shape index (κ3) is 5.81. The van der Waals surface area contributed by atoms with Gasteiger partial charge < -0.3 is 5.11 Å². The van der Waals surface area contributed by atoms with Crippen molar-refractivity contribution in [2.75, 3.05) is 5.75 Å². The lowest BCUT2D eigenvalue weighted by Crippen LogP contribution is -2.43. The van der Waals surface area contributed by atoms with Crippen LogP contribution in [-0.4, -0.2) is 29.9 Å². The summed E-state index contributed by atoms with van der Waals surface area (Å²) in [5.41, 5.74) is 0.389. The summed E-state index contributed by atoms with van der Waals surface area (Å²) in [6.07, 6.45) is 15.1. The molecule has 5 heteroatoms. The van der Waals surface area contributed by atoms with Crippen LogP contribution in [0.2, 0.25) is 0 Å². The normalized spacial score (nSPS) is 40.8. The zero-order valence-electron chi connectivity index (χ0n) is 19.6. The zero-order chi connectivity index (χ0) is 21.9. The molecule has 2 N–H and O–H groups in total. The highest BCUT2D eigenvalue weighted by Crippen LogP contribution is 2.62. The van der Waals surface area contributed by atoms with Gasteiger partial charge in [-0.05, 0) is 98.7 Å². The molecule has 3 aliphatic carbocycles. The van der Waals surface area contributed by atoms with Crippen LogP contribution in [-0.2, 0) is 10.1 Å². The molecular formula is C25H46O4S. The van der Waals surface area contributed by atoms with E-state index in [9.17, 15) is 13.5 Å². The molecule has 5 unspecified atom stereocenters. The second-order valence-corrected chi connectivity index (χ2v) is 12.9. The maximum atomic E-state index is 11.1. The number of hydrogen-bond acceptors (Lipinski definition) is 3. The summed E-state index contributed by atoms with van der Waals surface area (Å²) in [5, 5.41) is 10.1. The van der Waals surface area contributed by atoms with Gasteiger partial charge in [0.1, 0.15) is 0 Å². The van der Waals surface area contributed by atoms with Crippen LogP contribution < -0.4 is 0 Å². The van der Waals surface area contributed by atoms with Crippen LogP contribution in [0, 0.1) is 40.9 Å². The Bertz CT molecular complexity index is 648. The Balaban J connectivity index is 1.62. The maximum absolute atomic E-state index is 11.1. The van der Waals surface area contributed by atoms with Gasteiger partial charge in [0.25, 0.3) is 10.1 Å². The molecule has 0 bridgehead atoms. The van der Waals surface area contributed by atoms with Gasteiger partial charge in [-0.1, -0.05) is 46.5 Å². The van der Waals surface area contributed by atoms with Crippen LogP contribution in [0.25, 0.3) is 0 Å². The highest BCUT2D eigenvalue weighted by molar-refractivity contribution is 7.85. The van der Waals surface area contributed by atoms with Crippen molar-refractivity contribution in [3.63, 3.8) is 0 Å². The molecule has 30 heavy (non-hydrogen) atoms. The second-order valence-electron chi connectivity index (χ2n) is 11.3. The minimum atomic E-state index is -3.84. The van der Waals surface area contributed by atoms with E-state index in [-0.39, 0.29) is 11.9 Å². The van der Waals surface area contributed by atoms with Crippen molar-refractivity contribution < 1.29 is 18.1 Å². The van der Waals surface area contributed by atoms with E-state index >= 15 is 0 Å². The molecule has 3 rings (SSSR count). The minimum absolute atomic E-state index is 0.0678.